The molecule has 0 bridgehead atoms. The monoisotopic (exact) mass is 287 g/mol. The van der Waals surface area contributed by atoms with Gasteiger partial charge in [0.15, 0.2) is 0 Å². The van der Waals surface area contributed by atoms with Crippen molar-refractivity contribution in [1.29, 1.82) is 0 Å². The predicted octanol–water partition coefficient (Wildman–Crippen LogP) is -0.0952. The van der Waals surface area contributed by atoms with E-state index in [9.17, 15) is 22.8 Å². The van der Waals surface area contributed by atoms with Gasteiger partial charge in [-0.05, 0) is 26.4 Å². The van der Waals surface area contributed by atoms with Crippen LogP contribution in [-0.2, 0) is 14.7 Å². The molecule has 0 aromatic rings. The molecule has 1 saturated heterocycles. The molecule has 1 aliphatic heterocycles. The summed E-state index contributed by atoms with van der Waals surface area (Å²) < 4.78 is 41.8. The van der Waals surface area contributed by atoms with Crippen molar-refractivity contribution in [3.8, 4) is 0 Å². The first-order chi connectivity index (χ1) is 7.61. The van der Waals surface area contributed by atoms with E-state index < -0.39 is 35.2 Å². The Morgan fingerprint density at radius 3 is 2.41 bits per heavy atom. The van der Waals surface area contributed by atoms with Crippen LogP contribution in [0.15, 0.2) is 0 Å². The van der Waals surface area contributed by atoms with Gasteiger partial charge in [0.25, 0.3) is 10.1 Å². The molecule has 2 unspecified atom stereocenters. The minimum Gasteiger partial charge on any atom is -0.324 e. The van der Waals surface area contributed by atoms with Crippen molar-refractivity contribution >= 4 is 17.7 Å². The molecule has 1 fully saturated rings. The summed E-state index contributed by atoms with van der Waals surface area (Å²) >= 11 is 0. The fourth-order valence-electron chi connectivity index (χ4n) is 2.24. The lowest BCUT2D eigenvalue weighted by atomic mass is 10.0. The summed E-state index contributed by atoms with van der Waals surface area (Å²) in [5.74, 6) is -0.897. The highest BCUT2D eigenvalue weighted by molar-refractivity contribution is 7.86. The molecule has 0 spiro atoms. The third kappa shape index (κ3) is 4.65. The van der Waals surface area contributed by atoms with Crippen LogP contribution in [0.25, 0.3) is 0 Å². The van der Waals surface area contributed by atoms with Gasteiger partial charge < -0.3 is 14.7 Å². The molecular weight excluding hydrogens is 269 g/mol. The van der Waals surface area contributed by atoms with Gasteiger partial charge in [-0.1, -0.05) is 6.42 Å². The van der Waals surface area contributed by atoms with Crippen LogP contribution in [-0.4, -0.2) is 58.7 Å². The Bertz CT molecular complexity index is 404. The number of likely N-dealkylation sites (tertiary alicyclic amines) is 1. The van der Waals surface area contributed by atoms with Crippen LogP contribution in [0.2, 0.25) is 0 Å². The largest absolute Gasteiger partial charge is 0.331 e. The summed E-state index contributed by atoms with van der Waals surface area (Å²) in [5.41, 5.74) is -1.36. The van der Waals surface area contributed by atoms with Crippen LogP contribution in [0.5, 0.6) is 0 Å². The zero-order valence-corrected chi connectivity index (χ0v) is 11.3. The lowest BCUT2D eigenvalue weighted by Gasteiger charge is -2.37. The van der Waals surface area contributed by atoms with E-state index in [0.29, 0.717) is 13.0 Å². The molecule has 2 atom stereocenters. The van der Waals surface area contributed by atoms with Crippen LogP contribution in [0.3, 0.4) is 0 Å². The van der Waals surface area contributed by atoms with E-state index >= 15 is 0 Å². The second-order valence-electron chi connectivity index (χ2n) is 4.45. The van der Waals surface area contributed by atoms with Gasteiger partial charge >= 0.3 is 7.60 Å². The van der Waals surface area contributed by atoms with Crippen LogP contribution in [0.1, 0.15) is 19.3 Å². The number of piperidine rings is 1. The maximum Gasteiger partial charge on any atom is 0.331 e. The average Bonchev–Trinajstić information content (AvgIpc) is 2.12. The number of hydrogen-bond donors (Lipinski definition) is 3. The van der Waals surface area contributed by atoms with Gasteiger partial charge in [-0.25, -0.2) is 0 Å². The minimum atomic E-state index is -4.56. The minimum absolute atomic E-state index is 0.508. The van der Waals surface area contributed by atoms with Crippen LogP contribution in [0.4, 0.5) is 0 Å². The quantitative estimate of drug-likeness (QED) is 0.488. The molecule has 0 amide bonds. The molecule has 7 nitrogen and oxygen atoms in total. The zero-order chi connectivity index (χ0) is 13.3. The van der Waals surface area contributed by atoms with Gasteiger partial charge in [-0.2, -0.15) is 8.42 Å². The molecule has 102 valence electrons. The lowest BCUT2D eigenvalue weighted by Crippen LogP contribution is -2.46. The van der Waals surface area contributed by atoms with Gasteiger partial charge in [-0.3, -0.25) is 9.12 Å². The van der Waals surface area contributed by atoms with Crippen LogP contribution < -0.4 is 0 Å². The summed E-state index contributed by atoms with van der Waals surface area (Å²) in [6.07, 6.45) is 2.26. The van der Waals surface area contributed by atoms with Gasteiger partial charge in [0.1, 0.15) is 0 Å². The summed E-state index contributed by atoms with van der Waals surface area (Å²) in [4.78, 5) is 20.2. The molecule has 1 heterocycles. The smallest absolute Gasteiger partial charge is 0.324 e. The van der Waals surface area contributed by atoms with Gasteiger partial charge in [-0.15, -0.1) is 0 Å². The molecular formula is C8H18NO6PS. The predicted molar refractivity (Wildman–Crippen MR) is 62.5 cm³/mol. The van der Waals surface area contributed by atoms with E-state index in [0.717, 1.165) is 12.8 Å². The molecule has 1 rings (SSSR count). The Morgan fingerprint density at radius 2 is 2.00 bits per heavy atom. The Hall–Kier alpha value is 0.0200. The van der Waals surface area contributed by atoms with Crippen molar-refractivity contribution in [1.82, 2.24) is 4.90 Å². The van der Waals surface area contributed by atoms with Crippen molar-refractivity contribution in [2.75, 3.05) is 19.3 Å². The van der Waals surface area contributed by atoms with Gasteiger partial charge in [0.2, 0.25) is 0 Å². The topological polar surface area (TPSA) is 115 Å². The van der Waals surface area contributed by atoms with E-state index in [1.165, 1.54) is 0 Å². The Balaban J connectivity index is 2.94. The highest BCUT2D eigenvalue weighted by Crippen LogP contribution is 2.46. The Labute approximate surface area is 101 Å². The van der Waals surface area contributed by atoms with Gasteiger partial charge in [0.05, 0.1) is 11.4 Å². The SMILES string of the molecule is CN1CCCCC1C(CS(=O)(=O)O)P(=O)(O)O. The van der Waals surface area contributed by atoms with Crippen molar-refractivity contribution in [2.45, 2.75) is 31.0 Å². The molecule has 17 heavy (non-hydrogen) atoms. The first-order valence-electron chi connectivity index (χ1n) is 5.32. The maximum absolute atomic E-state index is 11.3. The maximum atomic E-state index is 11.3. The number of rotatable bonds is 4. The van der Waals surface area contributed by atoms with E-state index in [2.05, 4.69) is 0 Å². The molecule has 0 aromatic carbocycles. The summed E-state index contributed by atoms with van der Waals surface area (Å²) in [6.45, 7) is 0.673. The Morgan fingerprint density at radius 1 is 1.41 bits per heavy atom. The molecule has 3 N–H and O–H groups in total. The Kier molecular flexibility index (Phi) is 4.73. The number of hydrogen-bond acceptors (Lipinski definition) is 4. The average molecular weight is 287 g/mol. The normalized spacial score (nSPS) is 25.8. The third-order valence-electron chi connectivity index (χ3n) is 3.08. The molecule has 9 heteroatoms. The summed E-state index contributed by atoms with van der Waals surface area (Å²) in [7, 11) is -7.25. The van der Waals surface area contributed by atoms with Crippen molar-refractivity contribution < 1.29 is 27.3 Å². The highest BCUT2D eigenvalue weighted by atomic mass is 32.2. The molecule has 1 aliphatic rings. The van der Waals surface area contributed by atoms with E-state index in [4.69, 9.17) is 4.55 Å². The fourth-order valence-corrected chi connectivity index (χ4v) is 5.06. The first kappa shape index (κ1) is 15.1. The lowest BCUT2D eigenvalue weighted by molar-refractivity contribution is 0.172. The second-order valence-corrected chi connectivity index (χ2v) is 7.79. The summed E-state index contributed by atoms with van der Waals surface area (Å²) in [6, 6.07) is -0.508. The van der Waals surface area contributed by atoms with E-state index in [-0.39, 0.29) is 0 Å². The summed E-state index contributed by atoms with van der Waals surface area (Å²) in [5, 5.41) is 0. The van der Waals surface area contributed by atoms with Crippen molar-refractivity contribution in [3.63, 3.8) is 0 Å². The van der Waals surface area contributed by atoms with Crippen molar-refractivity contribution in [3.05, 3.63) is 0 Å². The molecule has 0 saturated carbocycles. The fraction of sp³-hybridized carbons (Fsp3) is 1.00. The number of nitrogens with zero attached hydrogens (tertiary/aromatic N) is 1. The highest BCUT2D eigenvalue weighted by Gasteiger charge is 2.41. The molecule has 0 aromatic heterocycles. The van der Waals surface area contributed by atoms with Crippen LogP contribution in [0, 0.1) is 0 Å². The molecule has 0 radical (unpaired) electrons. The third-order valence-corrected chi connectivity index (χ3v) is 5.50. The second kappa shape index (κ2) is 5.34. The van der Waals surface area contributed by atoms with Crippen molar-refractivity contribution in [2.24, 2.45) is 0 Å². The van der Waals surface area contributed by atoms with Crippen LogP contribution >= 0.6 is 7.60 Å². The van der Waals surface area contributed by atoms with Gasteiger partial charge in [0, 0.05) is 6.04 Å². The first-order valence-corrected chi connectivity index (χ1v) is 8.61. The zero-order valence-electron chi connectivity index (χ0n) is 9.56. The standard InChI is InChI=1S/C8H18NO6PS/c1-9-5-3-2-4-7(9)8(16(10,11)12)6-17(13,14)15/h7-8H,2-6H2,1H3,(H2,10,11,12)(H,13,14,15). The van der Waals surface area contributed by atoms with E-state index in [1.54, 1.807) is 11.9 Å². The molecule has 0 aliphatic carbocycles. The van der Waals surface area contributed by atoms with E-state index in [1.807, 2.05) is 0 Å².